The lowest BCUT2D eigenvalue weighted by Gasteiger charge is -2.35. The zero-order valence-corrected chi connectivity index (χ0v) is 19.8. The van der Waals surface area contributed by atoms with Gasteiger partial charge in [-0.3, -0.25) is 14.5 Å². The number of nitrogens with zero attached hydrogens (tertiary/aromatic N) is 2. The minimum Gasteiger partial charge on any atom is -0.488 e. The van der Waals surface area contributed by atoms with E-state index in [1.165, 1.54) is 32.8 Å². The average molecular weight is 477 g/mol. The third-order valence-electron chi connectivity index (χ3n) is 7.04. The fraction of sp³-hybridized carbons (Fsp3) is 0.640. The van der Waals surface area contributed by atoms with E-state index in [2.05, 4.69) is 4.90 Å². The molecule has 2 aliphatic heterocycles. The number of ether oxygens (including phenoxy) is 2. The highest BCUT2D eigenvalue weighted by atomic mass is 16.5. The first-order valence-electron chi connectivity index (χ1n) is 12.1. The molecule has 3 aliphatic rings. The Morgan fingerprint density at radius 1 is 1.09 bits per heavy atom. The van der Waals surface area contributed by atoms with E-state index < -0.39 is 12.1 Å². The third-order valence-corrected chi connectivity index (χ3v) is 7.04. The zero-order chi connectivity index (χ0) is 24.5. The molecule has 0 aromatic heterocycles. The summed E-state index contributed by atoms with van der Waals surface area (Å²) < 4.78 is 10.8. The Morgan fingerprint density at radius 3 is 2.38 bits per heavy atom. The Balaban J connectivity index is 0.00000103. The number of amides is 1. The number of benzene rings is 1. The van der Waals surface area contributed by atoms with Crippen molar-refractivity contribution in [3.63, 3.8) is 0 Å². The number of rotatable bonds is 5. The number of hydrogen-bond acceptors (Lipinski definition) is 7. The summed E-state index contributed by atoms with van der Waals surface area (Å²) in [6.07, 6.45) is 5.32. The Labute approximate surface area is 200 Å². The van der Waals surface area contributed by atoms with Crippen LogP contribution in [0, 0.1) is 11.8 Å². The van der Waals surface area contributed by atoms with E-state index in [0.717, 1.165) is 26.2 Å². The summed E-state index contributed by atoms with van der Waals surface area (Å²) in [4.78, 5) is 37.3. The minimum absolute atomic E-state index is 0.217. The number of aliphatic hydroxyl groups excluding tert-OH is 1. The standard InChI is InChI=1S/C24H34N2O5.CH2O2/c1-30-24(29)17-7-6-8-20(11-17)31-22-13-19-15-26(14-18(19)12-21(22)27)23(28)16-25-9-4-2-3-5-10-25;2-1-3/h6-8,11,18-19,21-22,27H,2-5,9-10,12-16H2,1H3;1H,(H,2,3)/t18-,19+,21+,22+;/m0./s1. The van der Waals surface area contributed by atoms with Crippen LogP contribution in [0.5, 0.6) is 5.75 Å². The van der Waals surface area contributed by atoms with Gasteiger partial charge in [-0.15, -0.1) is 0 Å². The van der Waals surface area contributed by atoms with Crippen molar-refractivity contribution < 1.29 is 34.1 Å². The van der Waals surface area contributed by atoms with Crippen LogP contribution in [0.25, 0.3) is 0 Å². The van der Waals surface area contributed by atoms with Gasteiger partial charge >= 0.3 is 5.97 Å². The van der Waals surface area contributed by atoms with Gasteiger partial charge in [-0.25, -0.2) is 4.79 Å². The first kappa shape index (κ1) is 26.0. The van der Waals surface area contributed by atoms with Crippen molar-refractivity contribution in [3.8, 4) is 5.75 Å². The van der Waals surface area contributed by atoms with Gasteiger partial charge in [0.15, 0.2) is 0 Å². The summed E-state index contributed by atoms with van der Waals surface area (Å²) in [5.74, 6) is 1.02. The van der Waals surface area contributed by atoms with Crippen molar-refractivity contribution in [2.24, 2.45) is 11.8 Å². The van der Waals surface area contributed by atoms with Gasteiger partial charge in [0, 0.05) is 13.1 Å². The maximum absolute atomic E-state index is 12.9. The fourth-order valence-electron chi connectivity index (χ4n) is 5.30. The monoisotopic (exact) mass is 476 g/mol. The maximum atomic E-state index is 12.9. The van der Waals surface area contributed by atoms with E-state index in [1.807, 2.05) is 4.90 Å². The van der Waals surface area contributed by atoms with Crippen LogP contribution in [0.4, 0.5) is 0 Å². The molecule has 1 saturated carbocycles. The number of carbonyl (C=O) groups is 3. The lowest BCUT2D eigenvalue weighted by atomic mass is 9.78. The molecule has 3 fully saturated rings. The smallest absolute Gasteiger partial charge is 0.337 e. The number of carboxylic acid groups (broad SMARTS) is 1. The lowest BCUT2D eigenvalue weighted by Crippen LogP contribution is -2.42. The Morgan fingerprint density at radius 2 is 1.74 bits per heavy atom. The second-order valence-electron chi connectivity index (χ2n) is 9.33. The minimum atomic E-state index is -0.580. The quantitative estimate of drug-likeness (QED) is 0.490. The number of likely N-dealkylation sites (tertiary alicyclic amines) is 2. The predicted octanol–water partition coefficient (Wildman–Crippen LogP) is 2.03. The van der Waals surface area contributed by atoms with Crippen LogP contribution in [0.1, 0.15) is 48.9 Å². The summed E-state index contributed by atoms with van der Waals surface area (Å²) in [5.41, 5.74) is 0.425. The zero-order valence-electron chi connectivity index (χ0n) is 19.8. The van der Waals surface area contributed by atoms with Crippen LogP contribution in [-0.2, 0) is 14.3 Å². The summed E-state index contributed by atoms with van der Waals surface area (Å²) in [6.45, 7) is 3.78. The molecule has 0 unspecified atom stereocenters. The molecular formula is C25H36N2O7. The number of aliphatic hydroxyl groups is 1. The molecule has 188 valence electrons. The van der Waals surface area contributed by atoms with E-state index in [4.69, 9.17) is 19.4 Å². The first-order chi connectivity index (χ1) is 16.4. The fourth-order valence-corrected chi connectivity index (χ4v) is 5.30. The summed E-state index contributed by atoms with van der Waals surface area (Å²) >= 11 is 0. The molecule has 1 amide bonds. The lowest BCUT2D eigenvalue weighted by molar-refractivity contribution is -0.131. The Kier molecular flexibility index (Phi) is 9.71. The molecule has 9 nitrogen and oxygen atoms in total. The van der Waals surface area contributed by atoms with E-state index in [1.54, 1.807) is 24.3 Å². The summed E-state index contributed by atoms with van der Waals surface area (Å²) in [5, 5.41) is 17.6. The molecule has 0 radical (unpaired) electrons. The van der Waals surface area contributed by atoms with Crippen LogP contribution < -0.4 is 4.74 Å². The molecule has 9 heteroatoms. The average Bonchev–Trinajstić information content (AvgIpc) is 3.06. The molecular weight excluding hydrogens is 440 g/mol. The second kappa shape index (κ2) is 12.7. The van der Waals surface area contributed by atoms with Crippen LogP contribution in [0.2, 0.25) is 0 Å². The van der Waals surface area contributed by atoms with Gasteiger partial charge in [0.1, 0.15) is 11.9 Å². The molecule has 4 rings (SSSR count). The van der Waals surface area contributed by atoms with Crippen molar-refractivity contribution in [1.82, 2.24) is 9.80 Å². The molecule has 0 bridgehead atoms. The highest BCUT2D eigenvalue weighted by Gasteiger charge is 2.44. The topological polar surface area (TPSA) is 117 Å². The third kappa shape index (κ3) is 6.93. The van der Waals surface area contributed by atoms with Gasteiger partial charge in [-0.05, 0) is 68.8 Å². The molecule has 2 heterocycles. The number of hydrogen-bond donors (Lipinski definition) is 2. The summed E-state index contributed by atoms with van der Waals surface area (Å²) in [7, 11) is 1.35. The number of methoxy groups -OCH3 is 1. The van der Waals surface area contributed by atoms with E-state index in [0.29, 0.717) is 42.5 Å². The van der Waals surface area contributed by atoms with Crippen molar-refractivity contribution >= 4 is 18.3 Å². The van der Waals surface area contributed by atoms with Crippen molar-refractivity contribution in [1.29, 1.82) is 0 Å². The predicted molar refractivity (Wildman–Crippen MR) is 125 cm³/mol. The highest BCUT2D eigenvalue weighted by Crippen LogP contribution is 2.38. The maximum Gasteiger partial charge on any atom is 0.337 e. The highest BCUT2D eigenvalue weighted by molar-refractivity contribution is 5.89. The van der Waals surface area contributed by atoms with Crippen molar-refractivity contribution in [2.75, 3.05) is 39.8 Å². The molecule has 1 aliphatic carbocycles. The van der Waals surface area contributed by atoms with E-state index >= 15 is 0 Å². The Bertz CT molecular complexity index is 825. The molecule has 1 aromatic carbocycles. The van der Waals surface area contributed by atoms with E-state index in [-0.39, 0.29) is 18.5 Å². The van der Waals surface area contributed by atoms with Gasteiger partial charge in [0.05, 0.1) is 25.3 Å². The van der Waals surface area contributed by atoms with Crippen molar-refractivity contribution in [2.45, 2.75) is 50.7 Å². The molecule has 4 atom stereocenters. The largest absolute Gasteiger partial charge is 0.488 e. The van der Waals surface area contributed by atoms with Crippen LogP contribution >= 0.6 is 0 Å². The normalized spacial score (nSPS) is 26.9. The molecule has 2 saturated heterocycles. The number of esters is 1. The summed E-state index contributed by atoms with van der Waals surface area (Å²) in [6, 6.07) is 6.86. The van der Waals surface area contributed by atoms with Crippen molar-refractivity contribution in [3.05, 3.63) is 29.8 Å². The van der Waals surface area contributed by atoms with Crippen LogP contribution in [-0.4, -0.2) is 90.4 Å². The van der Waals surface area contributed by atoms with Gasteiger partial charge in [0.25, 0.3) is 6.47 Å². The second-order valence-corrected chi connectivity index (χ2v) is 9.33. The van der Waals surface area contributed by atoms with E-state index in [9.17, 15) is 14.7 Å². The van der Waals surface area contributed by atoms with Gasteiger partial charge in [0.2, 0.25) is 5.91 Å². The molecule has 2 N–H and O–H groups in total. The number of carbonyl (C=O) groups excluding carboxylic acids is 2. The molecule has 0 spiro atoms. The van der Waals surface area contributed by atoms with Crippen LogP contribution in [0.15, 0.2) is 24.3 Å². The molecule has 1 aromatic rings. The first-order valence-corrected chi connectivity index (χ1v) is 12.1. The SMILES string of the molecule is COC(=O)c1cccc(O[C@@H]2C[C@@H]3CN(C(=O)CN4CCCCCC4)C[C@@H]3C[C@H]2O)c1.O=CO. The Hall–Kier alpha value is -2.65. The number of fused-ring (bicyclic) bond motifs is 1. The van der Waals surface area contributed by atoms with Gasteiger partial charge in [-0.1, -0.05) is 18.9 Å². The van der Waals surface area contributed by atoms with Crippen LogP contribution in [0.3, 0.4) is 0 Å². The van der Waals surface area contributed by atoms with Gasteiger partial charge in [-0.2, -0.15) is 0 Å². The van der Waals surface area contributed by atoms with Gasteiger partial charge < -0.3 is 24.6 Å². The molecule has 34 heavy (non-hydrogen) atoms.